The highest BCUT2D eigenvalue weighted by Gasteiger charge is 2.31. The smallest absolute Gasteiger partial charge is 0.408 e. The minimum atomic E-state index is -0.698. The molecule has 1 N–H and O–H groups in total. The molecule has 9 nitrogen and oxygen atoms in total. The van der Waals surface area contributed by atoms with Crippen LogP contribution >= 0.6 is 11.3 Å². The summed E-state index contributed by atoms with van der Waals surface area (Å²) in [5.74, 6) is 1.14. The fourth-order valence-electron chi connectivity index (χ4n) is 4.38. The monoisotopic (exact) mass is 542 g/mol. The van der Waals surface area contributed by atoms with Gasteiger partial charge in [-0.15, -0.1) is 11.3 Å². The number of aromatic nitrogens is 1. The van der Waals surface area contributed by atoms with Gasteiger partial charge in [0.15, 0.2) is 5.78 Å². The fraction of sp³-hybridized carbons (Fsp3) is 0.571. The van der Waals surface area contributed by atoms with Gasteiger partial charge in [0.05, 0.1) is 12.1 Å². The molecule has 1 saturated heterocycles. The van der Waals surface area contributed by atoms with Gasteiger partial charge in [-0.2, -0.15) is 0 Å². The van der Waals surface area contributed by atoms with Gasteiger partial charge in [0.1, 0.15) is 17.4 Å². The third-order valence-electron chi connectivity index (χ3n) is 6.54. The number of piperazine rings is 1. The van der Waals surface area contributed by atoms with Gasteiger partial charge in [-0.1, -0.05) is 0 Å². The predicted molar refractivity (Wildman–Crippen MR) is 146 cm³/mol. The van der Waals surface area contributed by atoms with Crippen LogP contribution in [0.25, 0.3) is 0 Å². The lowest BCUT2D eigenvalue weighted by Gasteiger charge is -2.36. The molecule has 1 aliphatic heterocycles. The molecule has 2 fully saturated rings. The molecule has 0 unspecified atom stereocenters. The largest absolute Gasteiger partial charge is 0.494 e. The molecule has 38 heavy (non-hydrogen) atoms. The number of hydrogen-bond acceptors (Lipinski definition) is 8. The molecule has 2 amide bonds. The Morgan fingerprint density at radius 1 is 1.11 bits per heavy atom. The van der Waals surface area contributed by atoms with Crippen molar-refractivity contribution in [2.24, 2.45) is 5.92 Å². The molecule has 1 atom stereocenters. The molecule has 0 bridgehead atoms. The third kappa shape index (κ3) is 8.52. The van der Waals surface area contributed by atoms with Crippen LogP contribution in [-0.4, -0.2) is 83.5 Å². The third-order valence-corrected chi connectivity index (χ3v) is 7.34. The summed E-state index contributed by atoms with van der Waals surface area (Å²) in [4.78, 5) is 47.0. The summed E-state index contributed by atoms with van der Waals surface area (Å²) in [5.41, 5.74) is 1.84. The van der Waals surface area contributed by atoms with E-state index in [2.05, 4.69) is 15.2 Å². The number of rotatable bonds is 11. The van der Waals surface area contributed by atoms with Crippen molar-refractivity contribution in [1.82, 2.24) is 20.1 Å². The van der Waals surface area contributed by atoms with E-state index in [1.165, 1.54) is 11.3 Å². The van der Waals surface area contributed by atoms with Gasteiger partial charge in [-0.3, -0.25) is 19.5 Å². The van der Waals surface area contributed by atoms with Gasteiger partial charge in [-0.05, 0) is 64.3 Å². The first kappa shape index (κ1) is 28.0. The van der Waals surface area contributed by atoms with Crippen molar-refractivity contribution in [3.05, 3.63) is 46.4 Å². The first-order valence-electron chi connectivity index (χ1n) is 13.3. The van der Waals surface area contributed by atoms with Gasteiger partial charge in [-0.25, -0.2) is 4.79 Å². The van der Waals surface area contributed by atoms with Crippen LogP contribution in [0, 0.1) is 5.92 Å². The standard InChI is InChI=1S/C28H38N4O5S/c1-28(2,3)37-27(35)30-24(17-23-18-29-19-38-23)26(34)32-14-12-31(13-15-32)11-4-16-36-22-9-7-21(8-10-22)25(33)20-5-6-20/h7-10,18-20,24H,4-6,11-17H2,1-3H3,(H,30,35)/t24-/m1/s1. The first-order valence-corrected chi connectivity index (χ1v) is 14.2. The normalized spacial score (nSPS) is 17.1. The quantitative estimate of drug-likeness (QED) is 0.341. The molecule has 1 aromatic carbocycles. The van der Waals surface area contributed by atoms with Gasteiger partial charge >= 0.3 is 6.09 Å². The molecule has 4 rings (SSSR count). The van der Waals surface area contributed by atoms with Crippen LogP contribution in [0.5, 0.6) is 5.75 Å². The molecule has 0 spiro atoms. The predicted octanol–water partition coefficient (Wildman–Crippen LogP) is 3.78. The topological polar surface area (TPSA) is 101 Å². The maximum absolute atomic E-state index is 13.3. The molecule has 206 valence electrons. The van der Waals surface area contributed by atoms with Crippen LogP contribution in [0.3, 0.4) is 0 Å². The Morgan fingerprint density at radius 3 is 2.42 bits per heavy atom. The van der Waals surface area contributed by atoms with E-state index < -0.39 is 17.7 Å². The molecular formula is C28H38N4O5S. The summed E-state index contributed by atoms with van der Waals surface area (Å²) in [5, 5.41) is 2.77. The van der Waals surface area contributed by atoms with Crippen molar-refractivity contribution >= 4 is 29.1 Å². The summed E-state index contributed by atoms with van der Waals surface area (Å²) in [6, 6.07) is 6.75. The number of carbonyl (C=O) groups is 3. The van der Waals surface area contributed by atoms with Crippen LogP contribution in [-0.2, 0) is 16.0 Å². The van der Waals surface area contributed by atoms with E-state index in [0.717, 1.165) is 55.1 Å². The second-order valence-corrected chi connectivity index (χ2v) is 11.9. The van der Waals surface area contributed by atoms with Crippen LogP contribution in [0.15, 0.2) is 36.0 Å². The number of carbonyl (C=O) groups excluding carboxylic acids is 3. The Balaban J connectivity index is 1.19. The summed E-state index contributed by atoms with van der Waals surface area (Å²) < 4.78 is 11.3. The zero-order valence-electron chi connectivity index (χ0n) is 22.5. The van der Waals surface area contributed by atoms with Crippen molar-refractivity contribution in [3.63, 3.8) is 0 Å². The van der Waals surface area contributed by atoms with Crippen molar-refractivity contribution in [3.8, 4) is 5.75 Å². The zero-order chi connectivity index (χ0) is 27.1. The SMILES string of the molecule is CC(C)(C)OC(=O)N[C@H](Cc1cncs1)C(=O)N1CCN(CCCOc2ccc(C(=O)C3CC3)cc2)CC1. The first-order chi connectivity index (χ1) is 18.2. The molecule has 10 heteroatoms. The lowest BCUT2D eigenvalue weighted by molar-refractivity contribution is -0.135. The zero-order valence-corrected chi connectivity index (χ0v) is 23.3. The summed E-state index contributed by atoms with van der Waals surface area (Å²) in [7, 11) is 0. The number of nitrogens with one attached hydrogen (secondary N) is 1. The molecule has 2 heterocycles. The summed E-state index contributed by atoms with van der Waals surface area (Å²) in [6.45, 7) is 9.59. The second kappa shape index (κ2) is 12.7. The van der Waals surface area contributed by atoms with Crippen molar-refractivity contribution < 1.29 is 23.9 Å². The molecule has 2 aromatic rings. The number of ether oxygens (including phenoxy) is 2. The average molecular weight is 543 g/mol. The Morgan fingerprint density at radius 2 is 1.82 bits per heavy atom. The number of amides is 2. The van der Waals surface area contributed by atoms with E-state index in [1.54, 1.807) is 32.5 Å². The number of hydrogen-bond donors (Lipinski definition) is 1. The van der Waals surface area contributed by atoms with Gasteiger partial charge in [0.2, 0.25) is 5.91 Å². The molecule has 1 saturated carbocycles. The van der Waals surface area contributed by atoms with Gasteiger partial charge < -0.3 is 19.7 Å². The van der Waals surface area contributed by atoms with Crippen LogP contribution in [0.4, 0.5) is 4.79 Å². The lowest BCUT2D eigenvalue weighted by atomic mass is 10.1. The Labute approximate surface area is 228 Å². The van der Waals surface area contributed by atoms with Crippen LogP contribution in [0.1, 0.15) is 55.3 Å². The Kier molecular flexibility index (Phi) is 9.38. The maximum atomic E-state index is 13.3. The highest BCUT2D eigenvalue weighted by atomic mass is 32.1. The van der Waals surface area contributed by atoms with Gasteiger partial charge in [0, 0.05) is 61.7 Å². The van der Waals surface area contributed by atoms with Crippen molar-refractivity contribution in [2.45, 2.75) is 58.1 Å². The second-order valence-electron chi connectivity index (χ2n) is 10.9. The van der Waals surface area contributed by atoms with E-state index in [0.29, 0.717) is 26.1 Å². The number of nitrogens with zero attached hydrogens (tertiary/aromatic N) is 3. The van der Waals surface area contributed by atoms with Crippen molar-refractivity contribution in [2.75, 3.05) is 39.3 Å². The minimum Gasteiger partial charge on any atom is -0.494 e. The van der Waals surface area contributed by atoms with E-state index in [-0.39, 0.29) is 17.6 Å². The number of benzene rings is 1. The molecular weight excluding hydrogens is 504 g/mol. The Hall–Kier alpha value is -2.98. The fourth-order valence-corrected chi connectivity index (χ4v) is 5.02. The molecule has 0 radical (unpaired) electrons. The number of thiazole rings is 1. The summed E-state index contributed by atoms with van der Waals surface area (Å²) in [6.07, 6.45) is 4.40. The van der Waals surface area contributed by atoms with Gasteiger partial charge in [0.25, 0.3) is 0 Å². The van der Waals surface area contributed by atoms with Crippen LogP contribution < -0.4 is 10.1 Å². The number of alkyl carbamates (subject to hydrolysis) is 1. The van der Waals surface area contributed by atoms with E-state index in [9.17, 15) is 14.4 Å². The van der Waals surface area contributed by atoms with E-state index >= 15 is 0 Å². The highest BCUT2D eigenvalue weighted by Crippen LogP contribution is 2.32. The number of Topliss-reactive ketones (excluding diaryl/α,β-unsaturated/α-hetero) is 1. The van der Waals surface area contributed by atoms with E-state index in [1.807, 2.05) is 29.2 Å². The van der Waals surface area contributed by atoms with Crippen LogP contribution in [0.2, 0.25) is 0 Å². The lowest BCUT2D eigenvalue weighted by Crippen LogP contribution is -2.56. The molecule has 2 aliphatic rings. The number of ketones is 1. The average Bonchev–Trinajstić information content (AvgIpc) is 3.61. The van der Waals surface area contributed by atoms with Crippen molar-refractivity contribution in [1.29, 1.82) is 0 Å². The minimum absolute atomic E-state index is 0.101. The highest BCUT2D eigenvalue weighted by molar-refractivity contribution is 7.09. The Bertz CT molecular complexity index is 1070. The molecule has 1 aliphatic carbocycles. The van der Waals surface area contributed by atoms with E-state index in [4.69, 9.17) is 9.47 Å². The molecule has 1 aromatic heterocycles. The maximum Gasteiger partial charge on any atom is 0.408 e. The summed E-state index contributed by atoms with van der Waals surface area (Å²) >= 11 is 1.46.